The third kappa shape index (κ3) is 4.56. The van der Waals surface area contributed by atoms with Gasteiger partial charge in [0.25, 0.3) is 10.0 Å². The Hall–Kier alpha value is -2.93. The maximum atomic E-state index is 12.4. The Morgan fingerprint density at radius 2 is 1.59 bits per heavy atom. The smallest absolute Gasteiger partial charge is 0.261 e. The molecule has 0 aliphatic carbocycles. The number of benzene rings is 2. The first-order chi connectivity index (χ1) is 14.0. The third-order valence-corrected chi connectivity index (χ3v) is 6.64. The minimum Gasteiger partial charge on any atom is -0.355 e. The Balaban J connectivity index is 1.45. The van der Waals surface area contributed by atoms with Crippen LogP contribution >= 0.6 is 0 Å². The van der Waals surface area contributed by atoms with Crippen molar-refractivity contribution in [2.24, 2.45) is 5.92 Å². The summed E-state index contributed by atoms with van der Waals surface area (Å²) < 4.78 is 27.5. The summed E-state index contributed by atoms with van der Waals surface area (Å²) in [6.45, 7) is 4.33. The molecule has 0 atom stereocenters. The topological polar surface area (TPSA) is 75.2 Å². The molecule has 1 aromatic heterocycles. The van der Waals surface area contributed by atoms with Crippen molar-refractivity contribution >= 4 is 21.5 Å². The van der Waals surface area contributed by atoms with Gasteiger partial charge in [-0.1, -0.05) is 37.3 Å². The number of aromatic nitrogens is 2. The van der Waals surface area contributed by atoms with Gasteiger partial charge in [0.05, 0.1) is 10.6 Å². The summed E-state index contributed by atoms with van der Waals surface area (Å²) in [5.41, 5.74) is 2.15. The molecule has 0 amide bonds. The molecule has 4 rings (SSSR count). The van der Waals surface area contributed by atoms with E-state index in [1.165, 1.54) is 12.8 Å². The molecule has 2 heterocycles. The van der Waals surface area contributed by atoms with Crippen LogP contribution in [0.3, 0.4) is 0 Å². The van der Waals surface area contributed by atoms with Crippen LogP contribution in [0.25, 0.3) is 11.3 Å². The second-order valence-corrected chi connectivity index (χ2v) is 9.12. The Kier molecular flexibility index (Phi) is 5.49. The summed E-state index contributed by atoms with van der Waals surface area (Å²) in [7, 11) is -3.60. The normalized spacial score (nSPS) is 15.3. The van der Waals surface area contributed by atoms with Crippen molar-refractivity contribution < 1.29 is 8.42 Å². The number of nitrogens with one attached hydrogen (secondary N) is 1. The van der Waals surface area contributed by atoms with Crippen molar-refractivity contribution in [2.75, 3.05) is 22.7 Å². The first kappa shape index (κ1) is 19.4. The lowest BCUT2D eigenvalue weighted by Crippen LogP contribution is -2.33. The molecule has 3 aromatic rings. The molecule has 2 aromatic carbocycles. The van der Waals surface area contributed by atoms with E-state index in [1.54, 1.807) is 42.5 Å². The van der Waals surface area contributed by atoms with Crippen molar-refractivity contribution in [1.82, 2.24) is 10.2 Å². The molecular weight excluding hydrogens is 384 g/mol. The lowest BCUT2D eigenvalue weighted by atomic mass is 9.99. The van der Waals surface area contributed by atoms with Crippen molar-refractivity contribution in [3.63, 3.8) is 0 Å². The fourth-order valence-corrected chi connectivity index (χ4v) is 4.49. The number of piperidine rings is 1. The van der Waals surface area contributed by atoms with E-state index < -0.39 is 10.0 Å². The van der Waals surface area contributed by atoms with Crippen LogP contribution in [-0.4, -0.2) is 31.7 Å². The van der Waals surface area contributed by atoms with Gasteiger partial charge >= 0.3 is 0 Å². The number of nitrogens with zero attached hydrogens (tertiary/aromatic N) is 3. The summed E-state index contributed by atoms with van der Waals surface area (Å²) in [4.78, 5) is 2.51. The van der Waals surface area contributed by atoms with Gasteiger partial charge in [-0.3, -0.25) is 4.72 Å². The summed E-state index contributed by atoms with van der Waals surface area (Å²) in [5.74, 6) is 1.68. The zero-order valence-corrected chi connectivity index (χ0v) is 17.1. The molecule has 0 spiro atoms. The highest BCUT2D eigenvalue weighted by Crippen LogP contribution is 2.24. The molecule has 150 valence electrons. The van der Waals surface area contributed by atoms with Gasteiger partial charge in [0.15, 0.2) is 5.82 Å². The number of sulfonamides is 1. The van der Waals surface area contributed by atoms with Crippen LogP contribution in [-0.2, 0) is 10.0 Å². The zero-order chi connectivity index (χ0) is 20.3. The van der Waals surface area contributed by atoms with Crippen LogP contribution in [0.5, 0.6) is 0 Å². The van der Waals surface area contributed by atoms with E-state index >= 15 is 0 Å². The Morgan fingerprint density at radius 1 is 0.897 bits per heavy atom. The average Bonchev–Trinajstić information content (AvgIpc) is 2.75. The minimum absolute atomic E-state index is 0.234. The molecule has 1 saturated heterocycles. The van der Waals surface area contributed by atoms with E-state index in [9.17, 15) is 8.42 Å². The largest absolute Gasteiger partial charge is 0.355 e. The molecule has 1 aliphatic rings. The Morgan fingerprint density at radius 3 is 2.21 bits per heavy atom. The van der Waals surface area contributed by atoms with Gasteiger partial charge in [-0.25, -0.2) is 8.42 Å². The van der Waals surface area contributed by atoms with Crippen molar-refractivity contribution in [3.05, 3.63) is 66.7 Å². The van der Waals surface area contributed by atoms with Crippen LogP contribution in [0.1, 0.15) is 19.8 Å². The predicted octanol–water partition coefficient (Wildman–Crippen LogP) is 4.18. The van der Waals surface area contributed by atoms with Gasteiger partial charge in [0, 0.05) is 24.3 Å². The van der Waals surface area contributed by atoms with Crippen LogP contribution < -0.4 is 9.62 Å². The quantitative estimate of drug-likeness (QED) is 0.685. The van der Waals surface area contributed by atoms with Crippen molar-refractivity contribution in [1.29, 1.82) is 0 Å². The average molecular weight is 409 g/mol. The second kappa shape index (κ2) is 8.21. The number of anilines is 2. The summed E-state index contributed by atoms with van der Waals surface area (Å²) >= 11 is 0. The van der Waals surface area contributed by atoms with Crippen molar-refractivity contribution in [3.8, 4) is 11.3 Å². The highest BCUT2D eigenvalue weighted by Gasteiger charge is 2.17. The maximum absolute atomic E-state index is 12.4. The molecule has 0 radical (unpaired) electrons. The first-order valence-electron chi connectivity index (χ1n) is 9.78. The van der Waals surface area contributed by atoms with E-state index in [1.807, 2.05) is 24.3 Å². The van der Waals surface area contributed by atoms with E-state index in [-0.39, 0.29) is 4.90 Å². The van der Waals surface area contributed by atoms with E-state index in [0.29, 0.717) is 5.69 Å². The lowest BCUT2D eigenvalue weighted by Gasteiger charge is -2.30. The summed E-state index contributed by atoms with van der Waals surface area (Å²) in [5, 5.41) is 8.75. The van der Waals surface area contributed by atoms with Crippen LogP contribution in [0.2, 0.25) is 0 Å². The molecule has 1 fully saturated rings. The van der Waals surface area contributed by atoms with Gasteiger partial charge in [-0.05, 0) is 55.2 Å². The first-order valence-corrected chi connectivity index (χ1v) is 11.3. The molecule has 0 unspecified atom stereocenters. The van der Waals surface area contributed by atoms with E-state index in [4.69, 9.17) is 0 Å². The van der Waals surface area contributed by atoms with Gasteiger partial charge in [-0.2, -0.15) is 0 Å². The Bertz CT molecular complexity index is 1040. The zero-order valence-electron chi connectivity index (χ0n) is 16.3. The monoisotopic (exact) mass is 408 g/mol. The van der Waals surface area contributed by atoms with Crippen molar-refractivity contribution in [2.45, 2.75) is 24.7 Å². The van der Waals surface area contributed by atoms with E-state index in [0.717, 1.165) is 36.1 Å². The SMILES string of the molecule is CC1CCN(c2ccc(-c3ccc(NS(=O)(=O)c4ccccc4)cc3)nn2)CC1. The number of hydrogen-bond acceptors (Lipinski definition) is 5. The molecule has 7 heteroatoms. The highest BCUT2D eigenvalue weighted by molar-refractivity contribution is 7.92. The number of rotatable bonds is 5. The molecule has 0 saturated carbocycles. The van der Waals surface area contributed by atoms with E-state index in [2.05, 4.69) is 26.7 Å². The maximum Gasteiger partial charge on any atom is 0.261 e. The molecular formula is C22H24N4O2S. The molecule has 29 heavy (non-hydrogen) atoms. The van der Waals surface area contributed by atoms with Gasteiger partial charge < -0.3 is 4.90 Å². The second-order valence-electron chi connectivity index (χ2n) is 7.44. The number of hydrogen-bond donors (Lipinski definition) is 1. The van der Waals surface area contributed by atoms with Gasteiger partial charge in [0.1, 0.15) is 0 Å². The highest BCUT2D eigenvalue weighted by atomic mass is 32.2. The van der Waals surface area contributed by atoms with Crippen LogP contribution in [0.4, 0.5) is 11.5 Å². The lowest BCUT2D eigenvalue weighted by molar-refractivity contribution is 0.436. The van der Waals surface area contributed by atoms with Crippen LogP contribution in [0, 0.1) is 5.92 Å². The summed E-state index contributed by atoms with van der Waals surface area (Å²) in [6.07, 6.45) is 2.37. The standard InChI is InChI=1S/C22H24N4O2S/c1-17-13-15-26(16-14-17)22-12-11-21(23-24-22)18-7-9-19(10-8-18)25-29(27,28)20-5-3-2-4-6-20/h2-12,17,25H,13-16H2,1H3. The molecule has 1 N–H and O–H groups in total. The van der Waals surface area contributed by atoms with Gasteiger partial charge in [0.2, 0.25) is 0 Å². The van der Waals surface area contributed by atoms with Crippen LogP contribution in [0.15, 0.2) is 71.6 Å². The predicted molar refractivity (Wildman–Crippen MR) is 115 cm³/mol. The summed E-state index contributed by atoms with van der Waals surface area (Å²) in [6, 6.07) is 19.4. The molecule has 0 bridgehead atoms. The minimum atomic E-state index is -3.60. The molecule has 6 nitrogen and oxygen atoms in total. The fraction of sp³-hybridized carbons (Fsp3) is 0.273. The Labute approximate surface area is 171 Å². The molecule has 1 aliphatic heterocycles. The third-order valence-electron chi connectivity index (χ3n) is 5.24. The fourth-order valence-electron chi connectivity index (χ4n) is 3.41. The van der Waals surface area contributed by atoms with Gasteiger partial charge in [-0.15, -0.1) is 10.2 Å².